The zero-order valence-corrected chi connectivity index (χ0v) is 18.5. The van der Waals surface area contributed by atoms with E-state index in [-0.39, 0.29) is 12.5 Å². The number of ether oxygens (including phenoxy) is 1. The fourth-order valence-corrected chi connectivity index (χ4v) is 3.69. The Morgan fingerprint density at radius 3 is 2.47 bits per heavy atom. The van der Waals surface area contributed by atoms with E-state index in [1.165, 1.54) is 5.56 Å². The number of carbonyl (C=O) groups excluding carboxylic acids is 1. The van der Waals surface area contributed by atoms with Crippen molar-refractivity contribution in [1.29, 1.82) is 0 Å². The summed E-state index contributed by atoms with van der Waals surface area (Å²) in [6.45, 7) is -0.0969. The SMILES string of the molecule is Cn1ccnc1C(NC(=O)COc1ccccc1Cc1ccccc1)c1ccc(Cl)cc1. The first-order valence-corrected chi connectivity index (χ1v) is 10.7. The molecule has 1 unspecified atom stereocenters. The number of benzene rings is 3. The van der Waals surface area contributed by atoms with Gasteiger partial charge in [-0.05, 0) is 34.9 Å². The molecule has 1 atom stereocenters. The van der Waals surface area contributed by atoms with Crippen molar-refractivity contribution in [3.05, 3.63) is 119 Å². The number of aryl methyl sites for hydroxylation is 1. The second kappa shape index (κ2) is 10.2. The molecule has 3 aromatic carbocycles. The molecule has 32 heavy (non-hydrogen) atoms. The van der Waals surface area contributed by atoms with Gasteiger partial charge in [-0.1, -0.05) is 72.3 Å². The third kappa shape index (κ3) is 5.37. The Labute approximate surface area is 192 Å². The van der Waals surface area contributed by atoms with Crippen molar-refractivity contribution in [2.45, 2.75) is 12.5 Å². The molecule has 0 aliphatic heterocycles. The first-order chi connectivity index (χ1) is 15.6. The van der Waals surface area contributed by atoms with Crippen LogP contribution in [0.1, 0.15) is 28.6 Å². The minimum Gasteiger partial charge on any atom is -0.483 e. The van der Waals surface area contributed by atoms with E-state index >= 15 is 0 Å². The summed E-state index contributed by atoms with van der Waals surface area (Å²) in [5.74, 6) is 1.19. The van der Waals surface area contributed by atoms with E-state index < -0.39 is 6.04 Å². The average molecular weight is 446 g/mol. The van der Waals surface area contributed by atoms with E-state index in [1.54, 1.807) is 18.3 Å². The van der Waals surface area contributed by atoms with Gasteiger partial charge in [0.1, 0.15) is 17.6 Å². The normalized spacial score (nSPS) is 11.7. The lowest BCUT2D eigenvalue weighted by Gasteiger charge is -2.20. The molecular formula is C26H24ClN3O2. The Bertz CT molecular complexity index is 1170. The lowest BCUT2D eigenvalue weighted by atomic mass is 10.0. The smallest absolute Gasteiger partial charge is 0.258 e. The Morgan fingerprint density at radius 2 is 1.75 bits per heavy atom. The van der Waals surface area contributed by atoms with Gasteiger partial charge in [0, 0.05) is 30.9 Å². The summed E-state index contributed by atoms with van der Waals surface area (Å²) in [7, 11) is 1.90. The molecule has 0 radical (unpaired) electrons. The highest BCUT2D eigenvalue weighted by atomic mass is 35.5. The third-order valence-corrected chi connectivity index (χ3v) is 5.45. The molecule has 1 N–H and O–H groups in total. The molecule has 5 nitrogen and oxygen atoms in total. The molecule has 1 heterocycles. The van der Waals surface area contributed by atoms with Gasteiger partial charge in [-0.2, -0.15) is 0 Å². The van der Waals surface area contributed by atoms with E-state index in [1.807, 2.05) is 72.4 Å². The van der Waals surface area contributed by atoms with E-state index in [9.17, 15) is 4.79 Å². The monoisotopic (exact) mass is 445 g/mol. The van der Waals surface area contributed by atoms with E-state index in [0.29, 0.717) is 10.8 Å². The molecule has 4 aromatic rings. The van der Waals surface area contributed by atoms with Crippen molar-refractivity contribution in [3.8, 4) is 5.75 Å². The first kappa shape index (κ1) is 21.7. The molecule has 0 bridgehead atoms. The lowest BCUT2D eigenvalue weighted by Crippen LogP contribution is -2.34. The fraction of sp³-hybridized carbons (Fsp3) is 0.154. The average Bonchev–Trinajstić information content (AvgIpc) is 3.24. The van der Waals surface area contributed by atoms with E-state index in [0.717, 1.165) is 23.4 Å². The molecule has 1 amide bonds. The van der Waals surface area contributed by atoms with Crippen molar-refractivity contribution >= 4 is 17.5 Å². The summed E-state index contributed by atoms with van der Waals surface area (Å²) in [5, 5.41) is 3.68. The number of rotatable bonds is 8. The zero-order valence-electron chi connectivity index (χ0n) is 17.7. The molecule has 4 rings (SSSR count). The van der Waals surface area contributed by atoms with Crippen molar-refractivity contribution in [1.82, 2.24) is 14.9 Å². The molecule has 0 aliphatic rings. The van der Waals surface area contributed by atoms with Gasteiger partial charge < -0.3 is 14.6 Å². The van der Waals surface area contributed by atoms with Crippen LogP contribution in [0.2, 0.25) is 5.02 Å². The Morgan fingerprint density at radius 1 is 1.03 bits per heavy atom. The van der Waals surface area contributed by atoms with Crippen molar-refractivity contribution in [3.63, 3.8) is 0 Å². The molecule has 1 aromatic heterocycles. The van der Waals surface area contributed by atoms with Crippen LogP contribution in [0.5, 0.6) is 5.75 Å². The largest absolute Gasteiger partial charge is 0.483 e. The van der Waals surface area contributed by atoms with Gasteiger partial charge in [0.05, 0.1) is 0 Å². The second-order valence-corrected chi connectivity index (χ2v) is 7.94. The van der Waals surface area contributed by atoms with Crippen LogP contribution in [0, 0.1) is 0 Å². The van der Waals surface area contributed by atoms with Crippen molar-refractivity contribution < 1.29 is 9.53 Å². The van der Waals surface area contributed by atoms with Crippen molar-refractivity contribution in [2.24, 2.45) is 7.05 Å². The fourth-order valence-electron chi connectivity index (χ4n) is 3.56. The maximum absolute atomic E-state index is 12.8. The topological polar surface area (TPSA) is 56.2 Å². The Hall–Kier alpha value is -3.57. The molecule has 162 valence electrons. The van der Waals surface area contributed by atoms with Gasteiger partial charge in [0.25, 0.3) is 5.91 Å². The van der Waals surface area contributed by atoms with Crippen LogP contribution in [-0.2, 0) is 18.3 Å². The van der Waals surface area contributed by atoms with Gasteiger partial charge >= 0.3 is 0 Å². The number of hydrogen-bond acceptors (Lipinski definition) is 3. The number of aromatic nitrogens is 2. The Kier molecular flexibility index (Phi) is 6.87. The Balaban J connectivity index is 1.47. The maximum Gasteiger partial charge on any atom is 0.258 e. The summed E-state index contributed by atoms with van der Waals surface area (Å²) < 4.78 is 7.80. The van der Waals surface area contributed by atoms with E-state index in [2.05, 4.69) is 22.4 Å². The summed E-state index contributed by atoms with van der Waals surface area (Å²) in [4.78, 5) is 17.3. The highest BCUT2D eigenvalue weighted by Gasteiger charge is 2.21. The summed E-state index contributed by atoms with van der Waals surface area (Å²) in [6.07, 6.45) is 4.29. The van der Waals surface area contributed by atoms with Crippen LogP contribution in [0.3, 0.4) is 0 Å². The highest BCUT2D eigenvalue weighted by Crippen LogP contribution is 2.23. The van der Waals surface area contributed by atoms with Crippen LogP contribution in [0.4, 0.5) is 0 Å². The molecular weight excluding hydrogens is 422 g/mol. The summed E-state index contributed by atoms with van der Waals surface area (Å²) in [5.41, 5.74) is 3.11. The first-order valence-electron chi connectivity index (χ1n) is 10.4. The molecule has 0 saturated carbocycles. The number of carbonyl (C=O) groups is 1. The predicted octanol–water partition coefficient (Wildman–Crippen LogP) is 4.95. The number of halogens is 1. The van der Waals surface area contributed by atoms with Crippen LogP contribution >= 0.6 is 11.6 Å². The number of hydrogen-bond donors (Lipinski definition) is 1. The van der Waals surface area contributed by atoms with Gasteiger partial charge in [-0.15, -0.1) is 0 Å². The van der Waals surface area contributed by atoms with Crippen LogP contribution in [-0.4, -0.2) is 22.1 Å². The second-order valence-electron chi connectivity index (χ2n) is 7.51. The van der Waals surface area contributed by atoms with E-state index in [4.69, 9.17) is 16.3 Å². The summed E-state index contributed by atoms with van der Waals surface area (Å²) in [6, 6.07) is 24.9. The third-order valence-electron chi connectivity index (χ3n) is 5.19. The van der Waals surface area contributed by atoms with Gasteiger partial charge in [-0.25, -0.2) is 4.98 Å². The molecule has 0 saturated heterocycles. The summed E-state index contributed by atoms with van der Waals surface area (Å²) >= 11 is 6.04. The van der Waals surface area contributed by atoms with Gasteiger partial charge in [0.15, 0.2) is 6.61 Å². The number of nitrogens with one attached hydrogen (secondary N) is 1. The lowest BCUT2D eigenvalue weighted by molar-refractivity contribution is -0.123. The number of imidazole rings is 1. The van der Waals surface area contributed by atoms with Crippen LogP contribution in [0.25, 0.3) is 0 Å². The molecule has 0 aliphatic carbocycles. The quantitative estimate of drug-likeness (QED) is 0.417. The number of para-hydroxylation sites is 1. The zero-order chi connectivity index (χ0) is 22.3. The molecule has 6 heteroatoms. The molecule has 0 spiro atoms. The minimum absolute atomic E-state index is 0.0969. The van der Waals surface area contributed by atoms with Crippen LogP contribution < -0.4 is 10.1 Å². The van der Waals surface area contributed by atoms with Gasteiger partial charge in [0.2, 0.25) is 0 Å². The minimum atomic E-state index is -0.414. The van der Waals surface area contributed by atoms with Crippen LogP contribution in [0.15, 0.2) is 91.3 Å². The highest BCUT2D eigenvalue weighted by molar-refractivity contribution is 6.30. The maximum atomic E-state index is 12.8. The standard InChI is InChI=1S/C26H24ClN3O2/c1-30-16-15-28-26(30)25(20-11-13-22(27)14-12-20)29-24(31)18-32-23-10-6-5-9-21(23)17-19-7-3-2-4-8-19/h2-16,25H,17-18H2,1H3,(H,29,31). The predicted molar refractivity (Wildman–Crippen MR) is 126 cm³/mol. The molecule has 0 fully saturated rings. The van der Waals surface area contributed by atoms with Gasteiger partial charge in [-0.3, -0.25) is 4.79 Å². The van der Waals surface area contributed by atoms with Crippen molar-refractivity contribution in [2.75, 3.05) is 6.61 Å². The number of nitrogens with zero attached hydrogens (tertiary/aromatic N) is 2. The number of amides is 1.